The number of hydrogen-bond acceptors (Lipinski definition) is 6. The molecule has 0 aromatic heterocycles. The maximum atomic E-state index is 13.4. The number of nitrogens with one attached hydrogen (secondary N) is 1. The Bertz CT molecular complexity index is 1450. The zero-order valence-corrected chi connectivity index (χ0v) is 22.5. The van der Waals surface area contributed by atoms with Gasteiger partial charge in [-0.3, -0.25) is 9.59 Å². The number of para-hydroxylation sites is 1. The number of benzene rings is 3. The predicted octanol–water partition coefficient (Wildman–Crippen LogP) is 5.24. The van der Waals surface area contributed by atoms with E-state index in [-0.39, 0.29) is 36.1 Å². The molecule has 0 aliphatic carbocycles. The Balaban J connectivity index is 1.47. The molecule has 0 radical (unpaired) electrons. The number of anilines is 1. The number of methoxy groups -OCH3 is 2. The van der Waals surface area contributed by atoms with Gasteiger partial charge in [-0.05, 0) is 60.5 Å². The van der Waals surface area contributed by atoms with Crippen LogP contribution in [0.5, 0.6) is 11.5 Å². The van der Waals surface area contributed by atoms with Gasteiger partial charge in [0.1, 0.15) is 11.5 Å². The maximum Gasteiger partial charge on any atom is 0.340 e. The van der Waals surface area contributed by atoms with Gasteiger partial charge in [0, 0.05) is 5.70 Å². The van der Waals surface area contributed by atoms with Crippen molar-refractivity contribution in [2.45, 2.75) is 13.5 Å². The fourth-order valence-electron chi connectivity index (χ4n) is 4.06. The lowest BCUT2D eigenvalue weighted by Crippen LogP contribution is -2.24. The first-order valence-corrected chi connectivity index (χ1v) is 12.4. The van der Waals surface area contributed by atoms with Crippen molar-refractivity contribution in [1.29, 1.82) is 0 Å². The largest absolute Gasteiger partial charge is 0.497 e. The van der Waals surface area contributed by atoms with Crippen LogP contribution in [0.15, 0.2) is 89.6 Å². The van der Waals surface area contributed by atoms with E-state index in [0.29, 0.717) is 33.5 Å². The quantitative estimate of drug-likeness (QED) is 0.291. The van der Waals surface area contributed by atoms with Crippen LogP contribution in [0.1, 0.15) is 18.1 Å². The molecule has 2 amide bonds. The van der Waals surface area contributed by atoms with Gasteiger partial charge < -0.3 is 24.4 Å². The van der Waals surface area contributed by atoms with Crippen LogP contribution in [0.4, 0.5) is 5.69 Å². The van der Waals surface area contributed by atoms with E-state index < -0.39 is 5.97 Å². The fourth-order valence-corrected chi connectivity index (χ4v) is 4.24. The summed E-state index contributed by atoms with van der Waals surface area (Å²) in [6, 6.07) is 21.1. The average Bonchev–Trinajstić information content (AvgIpc) is 3.18. The van der Waals surface area contributed by atoms with E-state index >= 15 is 0 Å². The lowest BCUT2D eigenvalue weighted by molar-refractivity contribution is -0.136. The normalized spacial score (nSPS) is 14.0. The van der Waals surface area contributed by atoms with E-state index in [2.05, 4.69) is 5.32 Å². The number of nitrogens with zero attached hydrogens (tertiary/aromatic N) is 1. The number of allylic oxidation sites excluding steroid dienone is 1. The number of rotatable bonds is 9. The highest BCUT2D eigenvalue weighted by Crippen LogP contribution is 2.33. The van der Waals surface area contributed by atoms with Crippen molar-refractivity contribution in [3.63, 3.8) is 0 Å². The second-order valence-corrected chi connectivity index (χ2v) is 9.04. The molecule has 8 nitrogen and oxygen atoms in total. The molecule has 0 bridgehead atoms. The third kappa shape index (κ3) is 6.48. The summed E-state index contributed by atoms with van der Waals surface area (Å²) in [6.45, 7) is 1.80. The summed E-state index contributed by atoms with van der Waals surface area (Å²) in [4.78, 5) is 39.8. The predicted molar refractivity (Wildman–Crippen MR) is 148 cm³/mol. The molecule has 1 N–H and O–H groups in total. The number of halogens is 1. The molecule has 0 unspecified atom stereocenters. The second kappa shape index (κ2) is 12.3. The van der Waals surface area contributed by atoms with E-state index in [9.17, 15) is 14.4 Å². The minimum atomic E-state index is -0.589. The molecule has 0 saturated heterocycles. The van der Waals surface area contributed by atoms with E-state index in [0.717, 1.165) is 5.56 Å². The molecule has 9 heteroatoms. The van der Waals surface area contributed by atoms with Crippen molar-refractivity contribution in [3.05, 3.63) is 106 Å². The van der Waals surface area contributed by atoms with Gasteiger partial charge in [0.2, 0.25) is 0 Å². The van der Waals surface area contributed by atoms with Crippen molar-refractivity contribution >= 4 is 41.1 Å². The molecule has 1 aliphatic heterocycles. The summed E-state index contributed by atoms with van der Waals surface area (Å²) < 4.78 is 15.7. The van der Waals surface area contributed by atoms with Crippen molar-refractivity contribution in [3.8, 4) is 11.5 Å². The molecule has 200 valence electrons. The zero-order chi connectivity index (χ0) is 27.9. The highest BCUT2D eigenvalue weighted by Gasteiger charge is 2.37. The first kappa shape index (κ1) is 27.5. The lowest BCUT2D eigenvalue weighted by atomic mass is 10.0. The summed E-state index contributed by atoms with van der Waals surface area (Å²) in [5, 5.41) is 3.13. The van der Waals surface area contributed by atoms with Crippen LogP contribution in [0, 0.1) is 0 Å². The third-order valence-electron chi connectivity index (χ3n) is 6.11. The maximum absolute atomic E-state index is 13.4. The van der Waals surface area contributed by atoms with Crippen LogP contribution >= 0.6 is 11.6 Å². The van der Waals surface area contributed by atoms with Gasteiger partial charge in [-0.2, -0.15) is 0 Å². The molecular weight excluding hydrogens is 520 g/mol. The molecule has 1 aliphatic rings. The second-order valence-electron chi connectivity index (χ2n) is 8.64. The Hall–Kier alpha value is -4.56. The van der Waals surface area contributed by atoms with Crippen molar-refractivity contribution in [1.82, 2.24) is 4.90 Å². The van der Waals surface area contributed by atoms with Crippen molar-refractivity contribution in [2.75, 3.05) is 26.1 Å². The first-order valence-electron chi connectivity index (χ1n) is 12.0. The SMILES string of the molecule is COC(=O)C1=C(C)N(Cc2ccc(OC)cc2)C(=O)/C1=C\c1ccc(OCC(=O)Nc2ccccc2Cl)cc1. The standard InChI is InChI=1S/C30H27ClN2O6/c1-19-28(30(36)38-3)24(29(35)33(19)17-21-10-12-22(37-2)13-11-21)16-20-8-14-23(15-9-20)39-18-27(34)32-26-7-5-4-6-25(26)31/h4-16H,17-18H2,1-3H3,(H,32,34)/b24-16-. The summed E-state index contributed by atoms with van der Waals surface area (Å²) in [6.07, 6.45) is 1.64. The van der Waals surface area contributed by atoms with E-state index in [1.165, 1.54) is 7.11 Å². The highest BCUT2D eigenvalue weighted by atomic mass is 35.5. The van der Waals surface area contributed by atoms with Crippen LogP contribution in [0.25, 0.3) is 6.08 Å². The lowest BCUT2D eigenvalue weighted by Gasteiger charge is -2.18. The molecular formula is C30H27ClN2O6. The highest BCUT2D eigenvalue weighted by molar-refractivity contribution is 6.33. The Morgan fingerprint density at radius 1 is 0.949 bits per heavy atom. The van der Waals surface area contributed by atoms with Gasteiger partial charge in [0.25, 0.3) is 11.8 Å². The smallest absolute Gasteiger partial charge is 0.340 e. The zero-order valence-electron chi connectivity index (χ0n) is 21.7. The molecule has 39 heavy (non-hydrogen) atoms. The van der Waals surface area contributed by atoms with Crippen LogP contribution in [0.3, 0.4) is 0 Å². The monoisotopic (exact) mass is 546 g/mol. The van der Waals surface area contributed by atoms with Gasteiger partial charge >= 0.3 is 5.97 Å². The summed E-state index contributed by atoms with van der Waals surface area (Å²) in [7, 11) is 2.87. The topological polar surface area (TPSA) is 94.2 Å². The van der Waals surface area contributed by atoms with Crippen molar-refractivity contribution < 1.29 is 28.6 Å². The van der Waals surface area contributed by atoms with E-state index in [1.807, 2.05) is 24.3 Å². The molecule has 0 atom stereocenters. The van der Waals surface area contributed by atoms with E-state index in [1.54, 1.807) is 73.5 Å². The molecule has 1 heterocycles. The summed E-state index contributed by atoms with van der Waals surface area (Å²) in [5.74, 6) is -0.0752. The van der Waals surface area contributed by atoms with Gasteiger partial charge in [-0.25, -0.2) is 4.79 Å². The molecule has 3 aromatic carbocycles. The number of carbonyl (C=O) groups excluding carboxylic acids is 3. The minimum absolute atomic E-state index is 0.209. The molecule has 0 saturated carbocycles. The van der Waals surface area contributed by atoms with Crippen molar-refractivity contribution in [2.24, 2.45) is 0 Å². The Morgan fingerprint density at radius 3 is 2.26 bits per heavy atom. The molecule has 4 rings (SSSR count). The number of ether oxygens (including phenoxy) is 3. The van der Waals surface area contributed by atoms with Crippen LogP contribution in [-0.2, 0) is 25.7 Å². The first-order chi connectivity index (χ1) is 18.8. The number of esters is 1. The van der Waals surface area contributed by atoms with E-state index in [4.69, 9.17) is 25.8 Å². The molecule has 0 spiro atoms. The van der Waals surface area contributed by atoms with Gasteiger partial charge in [-0.1, -0.05) is 48.0 Å². The number of carbonyl (C=O) groups is 3. The third-order valence-corrected chi connectivity index (χ3v) is 6.44. The van der Waals surface area contributed by atoms with Gasteiger partial charge in [-0.15, -0.1) is 0 Å². The summed E-state index contributed by atoms with van der Waals surface area (Å²) >= 11 is 6.07. The number of amides is 2. The minimum Gasteiger partial charge on any atom is -0.497 e. The van der Waals surface area contributed by atoms with Gasteiger partial charge in [0.05, 0.1) is 42.6 Å². The Morgan fingerprint density at radius 2 is 1.62 bits per heavy atom. The van der Waals surface area contributed by atoms with Crippen LogP contribution < -0.4 is 14.8 Å². The average molecular weight is 547 g/mol. The number of hydrogen-bond donors (Lipinski definition) is 1. The van der Waals surface area contributed by atoms with Crippen LogP contribution in [-0.4, -0.2) is 43.5 Å². The summed E-state index contributed by atoms with van der Waals surface area (Å²) in [5.41, 5.74) is 3.02. The Kier molecular flexibility index (Phi) is 8.68. The molecule has 0 fully saturated rings. The Labute approximate surface area is 231 Å². The fraction of sp³-hybridized carbons (Fsp3) is 0.167. The van der Waals surface area contributed by atoms with Crippen LogP contribution in [0.2, 0.25) is 5.02 Å². The molecule has 3 aromatic rings. The van der Waals surface area contributed by atoms with Gasteiger partial charge in [0.15, 0.2) is 6.61 Å².